The second-order valence-electron chi connectivity index (χ2n) is 6.03. The van der Waals surface area contributed by atoms with Gasteiger partial charge >= 0.3 is 0 Å². The number of rotatable bonds is 9. The van der Waals surface area contributed by atoms with Crippen LogP contribution in [-0.4, -0.2) is 59.3 Å². The number of carbonyl (C=O) groups excluding carboxylic acids is 1. The number of guanidine groups is 1. The maximum Gasteiger partial charge on any atom is 0.224 e. The fourth-order valence-corrected chi connectivity index (χ4v) is 2.82. The predicted octanol–water partition coefficient (Wildman–Crippen LogP) is 1.39. The third-order valence-electron chi connectivity index (χ3n) is 4.38. The summed E-state index contributed by atoms with van der Waals surface area (Å²) in [5.41, 5.74) is 3.56. The first-order chi connectivity index (χ1) is 11.9. The lowest BCUT2D eigenvalue weighted by Crippen LogP contribution is -2.38. The Morgan fingerprint density at radius 3 is 2.40 bits per heavy atom. The molecule has 2 N–H and O–H groups in total. The van der Waals surface area contributed by atoms with Crippen molar-refractivity contribution in [3.8, 4) is 0 Å². The number of aromatic nitrogens is 2. The average Bonchev–Trinajstić information content (AvgIpc) is 2.82. The van der Waals surface area contributed by atoms with Crippen molar-refractivity contribution in [3.63, 3.8) is 0 Å². The lowest BCUT2D eigenvalue weighted by Gasteiger charge is -2.18. The molecule has 0 aromatic carbocycles. The Morgan fingerprint density at radius 1 is 1.20 bits per heavy atom. The van der Waals surface area contributed by atoms with Crippen LogP contribution >= 0.6 is 0 Å². The summed E-state index contributed by atoms with van der Waals surface area (Å²) in [5.74, 6) is 0.917. The topological polar surface area (TPSA) is 74.6 Å². The first-order valence-electron chi connectivity index (χ1n) is 9.23. The van der Waals surface area contributed by atoms with Crippen molar-refractivity contribution >= 4 is 11.9 Å². The van der Waals surface area contributed by atoms with Gasteiger partial charge in [0.1, 0.15) is 0 Å². The molecule has 7 nitrogen and oxygen atoms in total. The van der Waals surface area contributed by atoms with Crippen LogP contribution < -0.4 is 10.6 Å². The van der Waals surface area contributed by atoms with E-state index in [2.05, 4.69) is 27.6 Å². The van der Waals surface area contributed by atoms with E-state index in [-0.39, 0.29) is 5.91 Å². The lowest BCUT2D eigenvalue weighted by atomic mass is 10.1. The number of aliphatic imine (C=N–C) groups is 1. The van der Waals surface area contributed by atoms with Crippen LogP contribution in [0.25, 0.3) is 0 Å². The van der Waals surface area contributed by atoms with E-state index < -0.39 is 0 Å². The molecule has 0 radical (unpaired) electrons. The van der Waals surface area contributed by atoms with Crippen LogP contribution in [0, 0.1) is 13.8 Å². The van der Waals surface area contributed by atoms with Gasteiger partial charge in [-0.3, -0.25) is 14.5 Å². The molecule has 142 valence electrons. The molecule has 0 aliphatic carbocycles. The molecule has 0 aliphatic rings. The maximum absolute atomic E-state index is 12.0. The number of aryl methyl sites for hydroxylation is 2. The zero-order valence-electron chi connectivity index (χ0n) is 16.6. The van der Waals surface area contributed by atoms with Crippen LogP contribution in [0.2, 0.25) is 0 Å². The van der Waals surface area contributed by atoms with Crippen molar-refractivity contribution in [2.45, 2.75) is 47.5 Å². The zero-order chi connectivity index (χ0) is 18.8. The Balaban J connectivity index is 2.52. The van der Waals surface area contributed by atoms with E-state index >= 15 is 0 Å². The van der Waals surface area contributed by atoms with E-state index in [0.29, 0.717) is 13.0 Å². The Morgan fingerprint density at radius 2 is 1.88 bits per heavy atom. The molecule has 0 spiro atoms. The molecule has 0 atom stereocenters. The van der Waals surface area contributed by atoms with E-state index in [1.807, 2.05) is 44.3 Å². The van der Waals surface area contributed by atoms with Crippen molar-refractivity contribution < 1.29 is 4.79 Å². The molecule has 25 heavy (non-hydrogen) atoms. The Bertz CT molecular complexity index is 574. The van der Waals surface area contributed by atoms with E-state index in [0.717, 1.165) is 44.3 Å². The van der Waals surface area contributed by atoms with Crippen LogP contribution in [0.5, 0.6) is 0 Å². The highest BCUT2D eigenvalue weighted by Gasteiger charge is 2.10. The molecular weight excluding hydrogens is 316 g/mol. The van der Waals surface area contributed by atoms with Gasteiger partial charge in [0.2, 0.25) is 5.91 Å². The summed E-state index contributed by atoms with van der Waals surface area (Å²) in [5, 5.41) is 11.0. The van der Waals surface area contributed by atoms with Crippen molar-refractivity contribution in [1.29, 1.82) is 0 Å². The van der Waals surface area contributed by atoms with Gasteiger partial charge in [-0.1, -0.05) is 0 Å². The fourth-order valence-electron chi connectivity index (χ4n) is 2.82. The SMILES string of the molecule is CCNC(=NCCC(=O)N(CC)CC)NCCc1c(C)nn(C)c1C. The molecule has 0 fully saturated rings. The second kappa shape index (κ2) is 10.7. The highest BCUT2D eigenvalue weighted by Crippen LogP contribution is 2.11. The Hall–Kier alpha value is -2.05. The van der Waals surface area contributed by atoms with Crippen molar-refractivity contribution in [2.75, 3.05) is 32.7 Å². The highest BCUT2D eigenvalue weighted by molar-refractivity contribution is 5.80. The second-order valence-corrected chi connectivity index (χ2v) is 6.03. The molecule has 0 unspecified atom stereocenters. The minimum atomic E-state index is 0.159. The minimum absolute atomic E-state index is 0.159. The summed E-state index contributed by atoms with van der Waals surface area (Å²) >= 11 is 0. The van der Waals surface area contributed by atoms with Gasteiger partial charge in [0.15, 0.2) is 5.96 Å². The predicted molar refractivity (Wildman–Crippen MR) is 103 cm³/mol. The standard InChI is InChI=1S/C18H34N6O/c1-7-19-18(21-13-11-17(25)24(8-2)9-3)20-12-10-16-14(4)22-23(6)15(16)5/h7-13H2,1-6H3,(H2,19,20,21). The van der Waals surface area contributed by atoms with Gasteiger partial charge in [0, 0.05) is 45.3 Å². The summed E-state index contributed by atoms with van der Waals surface area (Å²) in [6, 6.07) is 0. The lowest BCUT2D eigenvalue weighted by molar-refractivity contribution is -0.130. The Kier molecular flexibility index (Phi) is 9.02. The van der Waals surface area contributed by atoms with Crippen LogP contribution in [0.3, 0.4) is 0 Å². The monoisotopic (exact) mass is 350 g/mol. The van der Waals surface area contributed by atoms with Gasteiger partial charge < -0.3 is 15.5 Å². The first-order valence-corrected chi connectivity index (χ1v) is 9.23. The molecule has 1 aromatic rings. The summed E-state index contributed by atoms with van der Waals surface area (Å²) in [6.45, 7) is 13.7. The zero-order valence-corrected chi connectivity index (χ0v) is 16.6. The van der Waals surface area contributed by atoms with E-state index in [1.54, 1.807) is 0 Å². The molecule has 1 rings (SSSR count). The third kappa shape index (κ3) is 6.40. The molecule has 1 aromatic heterocycles. The highest BCUT2D eigenvalue weighted by atomic mass is 16.2. The number of amides is 1. The summed E-state index contributed by atoms with van der Waals surface area (Å²) in [7, 11) is 1.97. The number of carbonyl (C=O) groups is 1. The maximum atomic E-state index is 12.0. The van der Waals surface area contributed by atoms with Gasteiger partial charge in [0.05, 0.1) is 12.2 Å². The fraction of sp³-hybridized carbons (Fsp3) is 0.722. The quantitative estimate of drug-likeness (QED) is 0.521. The summed E-state index contributed by atoms with van der Waals surface area (Å²) in [4.78, 5) is 18.4. The van der Waals surface area contributed by atoms with Gasteiger partial charge in [-0.2, -0.15) is 5.10 Å². The smallest absolute Gasteiger partial charge is 0.224 e. The van der Waals surface area contributed by atoms with Crippen molar-refractivity contribution in [1.82, 2.24) is 25.3 Å². The van der Waals surface area contributed by atoms with E-state index in [1.165, 1.54) is 11.3 Å². The third-order valence-corrected chi connectivity index (χ3v) is 4.38. The number of hydrogen-bond donors (Lipinski definition) is 2. The normalized spacial score (nSPS) is 11.5. The largest absolute Gasteiger partial charge is 0.357 e. The molecular formula is C18H34N6O. The van der Waals surface area contributed by atoms with Crippen LogP contribution in [0.4, 0.5) is 0 Å². The van der Waals surface area contributed by atoms with Crippen LogP contribution in [-0.2, 0) is 18.3 Å². The summed E-state index contributed by atoms with van der Waals surface area (Å²) < 4.78 is 1.92. The molecule has 0 saturated carbocycles. The molecule has 0 saturated heterocycles. The molecule has 0 bridgehead atoms. The molecule has 1 amide bonds. The van der Waals surface area contributed by atoms with Gasteiger partial charge in [-0.15, -0.1) is 0 Å². The van der Waals surface area contributed by atoms with E-state index in [4.69, 9.17) is 0 Å². The molecule has 1 heterocycles. The summed E-state index contributed by atoms with van der Waals surface area (Å²) in [6.07, 6.45) is 1.34. The molecule has 7 heteroatoms. The Labute approximate surface area is 151 Å². The van der Waals surface area contributed by atoms with Crippen molar-refractivity contribution in [2.24, 2.45) is 12.0 Å². The number of nitrogens with one attached hydrogen (secondary N) is 2. The average molecular weight is 351 g/mol. The van der Waals surface area contributed by atoms with Crippen LogP contribution in [0.1, 0.15) is 44.1 Å². The van der Waals surface area contributed by atoms with Gasteiger partial charge in [-0.25, -0.2) is 0 Å². The van der Waals surface area contributed by atoms with E-state index in [9.17, 15) is 4.79 Å². The minimum Gasteiger partial charge on any atom is -0.357 e. The van der Waals surface area contributed by atoms with Gasteiger partial charge in [-0.05, 0) is 46.6 Å². The number of hydrogen-bond acceptors (Lipinski definition) is 3. The first kappa shape index (κ1) is 21.0. The number of nitrogens with zero attached hydrogens (tertiary/aromatic N) is 4. The van der Waals surface area contributed by atoms with Crippen LogP contribution in [0.15, 0.2) is 4.99 Å². The van der Waals surface area contributed by atoms with Crippen molar-refractivity contribution in [3.05, 3.63) is 17.0 Å². The van der Waals surface area contributed by atoms with Gasteiger partial charge in [0.25, 0.3) is 0 Å². The molecule has 0 aliphatic heterocycles.